The third kappa shape index (κ3) is 2.81. The van der Waals surface area contributed by atoms with E-state index in [4.69, 9.17) is 0 Å². The summed E-state index contributed by atoms with van der Waals surface area (Å²) in [5.41, 5.74) is -0.0172. The van der Waals surface area contributed by atoms with Gasteiger partial charge >= 0.3 is 0 Å². The van der Waals surface area contributed by atoms with Crippen molar-refractivity contribution in [1.29, 1.82) is 0 Å². The van der Waals surface area contributed by atoms with Crippen molar-refractivity contribution in [2.75, 3.05) is 6.54 Å². The zero-order chi connectivity index (χ0) is 15.8. The Balaban J connectivity index is 1.64. The Kier molecular flexibility index (Phi) is 4.31. The van der Waals surface area contributed by atoms with Crippen molar-refractivity contribution in [3.05, 3.63) is 17.5 Å². The van der Waals surface area contributed by atoms with Crippen LogP contribution >= 0.6 is 11.3 Å². The lowest BCUT2D eigenvalue weighted by molar-refractivity contribution is -0.131. The second-order valence-corrected chi connectivity index (χ2v) is 9.08. The van der Waals surface area contributed by atoms with Crippen molar-refractivity contribution in [1.82, 2.24) is 9.62 Å². The summed E-state index contributed by atoms with van der Waals surface area (Å²) >= 11 is 1.24. The van der Waals surface area contributed by atoms with Gasteiger partial charge in [-0.3, -0.25) is 4.79 Å². The van der Waals surface area contributed by atoms with Crippen LogP contribution in [-0.2, 0) is 14.8 Å². The third-order valence-corrected chi connectivity index (χ3v) is 7.91. The first-order chi connectivity index (χ1) is 10.5. The Morgan fingerprint density at radius 2 is 2.09 bits per heavy atom. The zero-order valence-electron chi connectivity index (χ0n) is 12.7. The number of amides is 1. The second-order valence-electron chi connectivity index (χ2n) is 6.19. The molecule has 1 saturated heterocycles. The quantitative estimate of drug-likeness (QED) is 0.913. The number of carbonyl (C=O) groups is 1. The summed E-state index contributed by atoms with van der Waals surface area (Å²) in [6.45, 7) is 2.78. The van der Waals surface area contributed by atoms with Gasteiger partial charge in [0.15, 0.2) is 0 Å². The molecule has 122 valence electrons. The number of likely N-dealkylation sites (tertiary alicyclic amines) is 1. The molecule has 1 aliphatic heterocycles. The maximum Gasteiger partial charge on any atom is 0.250 e. The molecule has 2 aliphatic rings. The summed E-state index contributed by atoms with van der Waals surface area (Å²) in [6.07, 6.45) is 4.95. The van der Waals surface area contributed by atoms with Crippen LogP contribution in [0.1, 0.15) is 45.4 Å². The van der Waals surface area contributed by atoms with Crippen LogP contribution in [0, 0.1) is 0 Å². The summed E-state index contributed by atoms with van der Waals surface area (Å²) in [7, 11) is -3.39. The monoisotopic (exact) mass is 342 g/mol. The molecule has 0 radical (unpaired) electrons. The molecule has 7 heteroatoms. The fourth-order valence-corrected chi connectivity index (χ4v) is 6.19. The molecular weight excluding hydrogens is 320 g/mol. The first-order valence-electron chi connectivity index (χ1n) is 7.83. The van der Waals surface area contributed by atoms with E-state index in [1.165, 1.54) is 11.3 Å². The highest BCUT2D eigenvalue weighted by atomic mass is 32.2. The van der Waals surface area contributed by atoms with Crippen molar-refractivity contribution in [3.63, 3.8) is 0 Å². The van der Waals surface area contributed by atoms with Crippen molar-refractivity contribution in [2.24, 2.45) is 0 Å². The van der Waals surface area contributed by atoms with Crippen LogP contribution in [0.25, 0.3) is 0 Å². The van der Waals surface area contributed by atoms with Gasteiger partial charge in [-0.05, 0) is 50.5 Å². The molecule has 5 nitrogen and oxygen atoms in total. The van der Waals surface area contributed by atoms with Gasteiger partial charge in [0, 0.05) is 24.5 Å². The molecule has 0 aromatic carbocycles. The number of hydrogen-bond acceptors (Lipinski definition) is 4. The van der Waals surface area contributed by atoms with E-state index in [0.717, 1.165) is 38.6 Å². The first kappa shape index (κ1) is 16.0. The maximum atomic E-state index is 12.3. The van der Waals surface area contributed by atoms with Crippen LogP contribution < -0.4 is 4.72 Å². The first-order valence-corrected chi connectivity index (χ1v) is 10.2. The molecule has 3 rings (SSSR count). The molecule has 1 aliphatic carbocycles. The zero-order valence-corrected chi connectivity index (χ0v) is 14.4. The average Bonchev–Trinajstić information content (AvgIpc) is 3.11. The Morgan fingerprint density at radius 3 is 2.68 bits per heavy atom. The predicted molar refractivity (Wildman–Crippen MR) is 86.2 cm³/mol. The number of carbonyl (C=O) groups excluding carboxylic acids is 1. The molecular formula is C15H22N2O3S2. The molecule has 1 N–H and O–H groups in total. The third-order valence-electron chi connectivity index (χ3n) is 4.99. The Morgan fingerprint density at radius 1 is 1.36 bits per heavy atom. The van der Waals surface area contributed by atoms with Crippen LogP contribution in [0.4, 0.5) is 0 Å². The van der Waals surface area contributed by atoms with Gasteiger partial charge in [-0.1, -0.05) is 6.07 Å². The molecule has 22 heavy (non-hydrogen) atoms. The van der Waals surface area contributed by atoms with Gasteiger partial charge in [-0.15, -0.1) is 11.3 Å². The minimum atomic E-state index is -3.39. The largest absolute Gasteiger partial charge is 0.337 e. The molecule has 1 saturated carbocycles. The summed E-state index contributed by atoms with van der Waals surface area (Å²) in [6, 6.07) is 3.36. The van der Waals surface area contributed by atoms with Crippen LogP contribution in [0.5, 0.6) is 0 Å². The van der Waals surface area contributed by atoms with E-state index in [9.17, 15) is 13.2 Å². The van der Waals surface area contributed by atoms with E-state index >= 15 is 0 Å². The normalized spacial score (nSPS) is 29.4. The van der Waals surface area contributed by atoms with Gasteiger partial charge in [0.25, 0.3) is 0 Å². The molecule has 1 aromatic rings. The van der Waals surface area contributed by atoms with Crippen LogP contribution in [0.3, 0.4) is 0 Å². The summed E-state index contributed by atoms with van der Waals surface area (Å²) < 4.78 is 27.8. The van der Waals surface area contributed by atoms with Gasteiger partial charge in [-0.2, -0.15) is 0 Å². The van der Waals surface area contributed by atoms with Gasteiger partial charge < -0.3 is 4.90 Å². The van der Waals surface area contributed by atoms with Crippen LogP contribution in [0.15, 0.2) is 21.7 Å². The van der Waals surface area contributed by atoms with Crippen molar-refractivity contribution >= 4 is 27.3 Å². The topological polar surface area (TPSA) is 66.5 Å². The maximum absolute atomic E-state index is 12.3. The Labute approximate surface area is 135 Å². The summed E-state index contributed by atoms with van der Waals surface area (Å²) in [4.78, 5) is 14.0. The van der Waals surface area contributed by atoms with Gasteiger partial charge in [0.1, 0.15) is 4.21 Å². The van der Waals surface area contributed by atoms with E-state index in [-0.39, 0.29) is 17.5 Å². The fraction of sp³-hybridized carbons (Fsp3) is 0.667. The minimum absolute atomic E-state index is 0.0172. The number of thiophene rings is 1. The smallest absolute Gasteiger partial charge is 0.250 e. The van der Waals surface area contributed by atoms with Gasteiger partial charge in [0.05, 0.1) is 0 Å². The highest BCUT2D eigenvalue weighted by Crippen LogP contribution is 2.42. The number of rotatable bonds is 4. The molecule has 2 heterocycles. The minimum Gasteiger partial charge on any atom is -0.337 e. The fourth-order valence-electron chi connectivity index (χ4n) is 3.87. The van der Waals surface area contributed by atoms with E-state index in [1.54, 1.807) is 17.5 Å². The van der Waals surface area contributed by atoms with E-state index < -0.39 is 10.0 Å². The van der Waals surface area contributed by atoms with E-state index in [2.05, 4.69) is 4.72 Å². The van der Waals surface area contributed by atoms with Crippen LogP contribution in [0.2, 0.25) is 0 Å². The molecule has 1 amide bonds. The number of sulfonamides is 1. The highest BCUT2D eigenvalue weighted by Gasteiger charge is 2.46. The number of nitrogens with one attached hydrogen (secondary N) is 1. The number of nitrogens with zero attached hydrogens (tertiary/aromatic N) is 1. The number of hydrogen-bond donors (Lipinski definition) is 1. The van der Waals surface area contributed by atoms with Gasteiger partial charge in [0.2, 0.25) is 15.9 Å². The van der Waals surface area contributed by atoms with E-state index in [0.29, 0.717) is 10.6 Å². The molecule has 1 aromatic heterocycles. The lowest BCUT2D eigenvalue weighted by Gasteiger charge is -2.43. The predicted octanol–water partition coefficient (Wildman–Crippen LogP) is 2.35. The molecule has 0 unspecified atom stereocenters. The molecule has 0 atom stereocenters. The average molecular weight is 342 g/mol. The van der Waals surface area contributed by atoms with Crippen LogP contribution in [-0.4, -0.2) is 37.4 Å². The molecule has 2 fully saturated rings. The second kappa shape index (κ2) is 5.94. The molecule has 1 spiro atoms. The van der Waals surface area contributed by atoms with E-state index in [1.807, 2.05) is 11.8 Å². The van der Waals surface area contributed by atoms with Crippen molar-refractivity contribution < 1.29 is 13.2 Å². The standard InChI is InChI=1S/C15H22N2O3S2/c1-2-17-13(18)7-10-15(17)8-5-12(6-9-15)16-22(19,20)14-4-3-11-21-14/h3-4,11-12,16H,2,5-10H2,1H3. The Hall–Kier alpha value is -0.920. The Bertz CT molecular complexity index is 632. The SMILES string of the molecule is CCN1C(=O)CCC12CCC(NS(=O)(=O)c1cccs1)CC2. The molecule has 0 bridgehead atoms. The highest BCUT2D eigenvalue weighted by molar-refractivity contribution is 7.91. The van der Waals surface area contributed by atoms with Crippen molar-refractivity contribution in [3.8, 4) is 0 Å². The summed E-state index contributed by atoms with van der Waals surface area (Å²) in [5, 5.41) is 1.77. The summed E-state index contributed by atoms with van der Waals surface area (Å²) in [5.74, 6) is 0.250. The lowest BCUT2D eigenvalue weighted by Crippen LogP contribution is -2.51. The van der Waals surface area contributed by atoms with Gasteiger partial charge in [-0.25, -0.2) is 13.1 Å². The van der Waals surface area contributed by atoms with Crippen molar-refractivity contribution in [2.45, 2.75) is 61.2 Å². The lowest BCUT2D eigenvalue weighted by atomic mass is 9.78.